The van der Waals surface area contributed by atoms with Crippen LogP contribution in [0.3, 0.4) is 0 Å². The van der Waals surface area contributed by atoms with Gasteiger partial charge in [-0.1, -0.05) is 17.7 Å². The molecule has 0 saturated heterocycles. The van der Waals surface area contributed by atoms with Crippen LogP contribution < -0.4 is 0 Å². The molecule has 0 bridgehead atoms. The number of aromatic nitrogens is 3. The number of rotatable bonds is 2. The summed E-state index contributed by atoms with van der Waals surface area (Å²) in [5, 5.41) is -0.579. The largest absolute Gasteiger partial charge is 0.417 e. The Morgan fingerprint density at radius 1 is 1.11 bits per heavy atom. The van der Waals surface area contributed by atoms with E-state index in [0.717, 1.165) is 17.3 Å². The zero-order valence-corrected chi connectivity index (χ0v) is 15.2. The average Bonchev–Trinajstić information content (AvgIpc) is 3.10. The highest BCUT2D eigenvalue weighted by Gasteiger charge is 2.35. The van der Waals surface area contributed by atoms with Crippen LogP contribution in [0.25, 0.3) is 11.3 Å². The molecular weight excluding hydrogens is 393 g/mol. The molecule has 3 heterocycles. The number of hydrogen-bond acceptors (Lipinski definition) is 3. The van der Waals surface area contributed by atoms with E-state index in [9.17, 15) is 18.0 Å². The Labute approximate surface area is 163 Å². The lowest BCUT2D eigenvalue weighted by Gasteiger charge is -2.29. The summed E-state index contributed by atoms with van der Waals surface area (Å²) in [5.41, 5.74) is 0.607. The predicted octanol–water partition coefficient (Wildman–Crippen LogP) is 4.27. The number of nitrogens with zero attached hydrogens (tertiary/aromatic N) is 4. The third-order valence-corrected chi connectivity index (χ3v) is 5.05. The van der Waals surface area contributed by atoms with Crippen molar-refractivity contribution in [2.75, 3.05) is 6.54 Å². The van der Waals surface area contributed by atoms with Crippen molar-refractivity contribution in [2.45, 2.75) is 19.3 Å². The second kappa shape index (κ2) is 6.94. The first-order valence-corrected chi connectivity index (χ1v) is 8.84. The molecule has 0 spiro atoms. The molecule has 5 nitrogen and oxygen atoms in total. The van der Waals surface area contributed by atoms with Crippen LogP contribution in [-0.4, -0.2) is 31.9 Å². The van der Waals surface area contributed by atoms with Gasteiger partial charge in [-0.25, -0.2) is 4.98 Å². The lowest BCUT2D eigenvalue weighted by molar-refractivity contribution is -0.137. The van der Waals surface area contributed by atoms with Crippen molar-refractivity contribution in [3.8, 4) is 11.3 Å². The molecule has 1 aliphatic rings. The van der Waals surface area contributed by atoms with E-state index in [-0.39, 0.29) is 12.1 Å². The van der Waals surface area contributed by atoms with E-state index in [2.05, 4.69) is 9.97 Å². The predicted molar refractivity (Wildman–Crippen MR) is 96.7 cm³/mol. The number of carbonyl (C=O) groups excluding carboxylic acids is 1. The molecule has 0 saturated carbocycles. The Bertz CT molecular complexity index is 1030. The standard InChI is InChI=1S/C19H14ClF3N4O/c20-17-13(4-1-5-14(17)19(21,22)23)18(28)26-7-8-27-15(10-25-16(27)11-26)12-3-2-6-24-9-12/h1-6,9-10H,7-8,11H2. The Morgan fingerprint density at radius 2 is 1.93 bits per heavy atom. The number of hydrogen-bond donors (Lipinski definition) is 0. The summed E-state index contributed by atoms with van der Waals surface area (Å²) in [6.45, 7) is 0.996. The van der Waals surface area contributed by atoms with Gasteiger partial charge < -0.3 is 9.47 Å². The first-order valence-electron chi connectivity index (χ1n) is 8.46. The fourth-order valence-corrected chi connectivity index (χ4v) is 3.58. The van der Waals surface area contributed by atoms with Crippen molar-refractivity contribution in [2.24, 2.45) is 0 Å². The summed E-state index contributed by atoms with van der Waals surface area (Å²) in [6, 6.07) is 7.10. The lowest BCUT2D eigenvalue weighted by atomic mass is 10.1. The van der Waals surface area contributed by atoms with Crippen molar-refractivity contribution < 1.29 is 18.0 Å². The smallest absolute Gasteiger partial charge is 0.329 e. The molecule has 2 aromatic heterocycles. The Hall–Kier alpha value is -2.87. The van der Waals surface area contributed by atoms with Gasteiger partial charge >= 0.3 is 6.18 Å². The molecule has 1 aromatic carbocycles. The third-order valence-electron chi connectivity index (χ3n) is 4.64. The quantitative estimate of drug-likeness (QED) is 0.638. The van der Waals surface area contributed by atoms with Gasteiger partial charge in [-0.3, -0.25) is 9.78 Å². The molecule has 1 amide bonds. The molecule has 0 N–H and O–H groups in total. The van der Waals surface area contributed by atoms with Gasteiger partial charge in [0.2, 0.25) is 0 Å². The highest BCUT2D eigenvalue weighted by atomic mass is 35.5. The Kier molecular flexibility index (Phi) is 4.58. The monoisotopic (exact) mass is 406 g/mol. The topological polar surface area (TPSA) is 51.0 Å². The zero-order valence-electron chi connectivity index (χ0n) is 14.4. The lowest BCUT2D eigenvalue weighted by Crippen LogP contribution is -2.38. The fraction of sp³-hybridized carbons (Fsp3) is 0.211. The number of fused-ring (bicyclic) bond motifs is 1. The van der Waals surface area contributed by atoms with Gasteiger partial charge in [0.15, 0.2) is 0 Å². The van der Waals surface area contributed by atoms with Crippen LogP contribution in [0.4, 0.5) is 13.2 Å². The second-order valence-corrected chi connectivity index (χ2v) is 6.72. The van der Waals surface area contributed by atoms with Crippen molar-refractivity contribution in [1.82, 2.24) is 19.4 Å². The summed E-state index contributed by atoms with van der Waals surface area (Å²) in [4.78, 5) is 22.7. The van der Waals surface area contributed by atoms with Crippen molar-refractivity contribution in [3.05, 3.63) is 70.9 Å². The normalized spacial score (nSPS) is 14.1. The first kappa shape index (κ1) is 18.5. The molecule has 0 aliphatic carbocycles. The van der Waals surface area contributed by atoms with E-state index < -0.39 is 22.7 Å². The Morgan fingerprint density at radius 3 is 2.64 bits per heavy atom. The van der Waals surface area contributed by atoms with Gasteiger partial charge in [-0.2, -0.15) is 13.2 Å². The number of alkyl halides is 3. The van der Waals surface area contributed by atoms with E-state index in [1.54, 1.807) is 18.6 Å². The molecule has 4 rings (SSSR count). The highest BCUT2D eigenvalue weighted by molar-refractivity contribution is 6.34. The van der Waals surface area contributed by atoms with Crippen LogP contribution >= 0.6 is 11.6 Å². The number of amides is 1. The summed E-state index contributed by atoms with van der Waals surface area (Å²) in [7, 11) is 0. The maximum atomic E-state index is 13.1. The molecule has 9 heteroatoms. The van der Waals surface area contributed by atoms with Crippen LogP contribution in [0.2, 0.25) is 5.02 Å². The molecule has 144 valence electrons. The molecule has 3 aromatic rings. The third kappa shape index (κ3) is 3.24. The number of benzene rings is 1. The maximum absolute atomic E-state index is 13.1. The second-order valence-electron chi connectivity index (χ2n) is 6.34. The number of carbonyl (C=O) groups is 1. The van der Waals surface area contributed by atoms with Gasteiger partial charge in [-0.15, -0.1) is 0 Å². The molecule has 1 aliphatic heterocycles. The molecule has 28 heavy (non-hydrogen) atoms. The van der Waals surface area contributed by atoms with E-state index in [0.29, 0.717) is 18.9 Å². The number of imidazole rings is 1. The summed E-state index contributed by atoms with van der Waals surface area (Å²) in [6.07, 6.45) is 0.488. The minimum absolute atomic E-state index is 0.163. The van der Waals surface area contributed by atoms with Crippen LogP contribution in [0.5, 0.6) is 0 Å². The van der Waals surface area contributed by atoms with Gasteiger partial charge in [0.25, 0.3) is 5.91 Å². The number of halogens is 4. The SMILES string of the molecule is O=C(c1cccc(C(F)(F)F)c1Cl)N1CCn2c(-c3cccnc3)cnc2C1. The first-order chi connectivity index (χ1) is 13.4. The van der Waals surface area contributed by atoms with E-state index in [1.165, 1.54) is 17.0 Å². The summed E-state index contributed by atoms with van der Waals surface area (Å²) in [5.74, 6) is 0.106. The van der Waals surface area contributed by atoms with E-state index >= 15 is 0 Å². The maximum Gasteiger partial charge on any atom is 0.417 e. The van der Waals surface area contributed by atoms with Crippen LogP contribution in [0, 0.1) is 0 Å². The van der Waals surface area contributed by atoms with Crippen LogP contribution in [-0.2, 0) is 19.3 Å². The highest BCUT2D eigenvalue weighted by Crippen LogP contribution is 2.36. The zero-order chi connectivity index (χ0) is 19.9. The molecular formula is C19H14ClF3N4O. The van der Waals surface area contributed by atoms with Crippen molar-refractivity contribution in [3.63, 3.8) is 0 Å². The Balaban J connectivity index is 1.61. The van der Waals surface area contributed by atoms with Gasteiger partial charge in [-0.05, 0) is 24.3 Å². The van der Waals surface area contributed by atoms with Crippen molar-refractivity contribution in [1.29, 1.82) is 0 Å². The fourth-order valence-electron chi connectivity index (χ4n) is 3.26. The summed E-state index contributed by atoms with van der Waals surface area (Å²) >= 11 is 5.90. The van der Waals surface area contributed by atoms with Gasteiger partial charge in [0.1, 0.15) is 5.82 Å². The minimum atomic E-state index is -4.62. The van der Waals surface area contributed by atoms with Gasteiger partial charge in [0.05, 0.1) is 34.6 Å². The van der Waals surface area contributed by atoms with E-state index in [1.807, 2.05) is 16.7 Å². The summed E-state index contributed by atoms with van der Waals surface area (Å²) < 4.78 is 41.2. The van der Waals surface area contributed by atoms with Gasteiger partial charge in [0, 0.05) is 31.0 Å². The average molecular weight is 407 g/mol. The van der Waals surface area contributed by atoms with Crippen molar-refractivity contribution >= 4 is 17.5 Å². The number of pyridine rings is 1. The van der Waals surface area contributed by atoms with Crippen LogP contribution in [0.1, 0.15) is 21.7 Å². The molecule has 0 atom stereocenters. The minimum Gasteiger partial charge on any atom is -0.329 e. The van der Waals surface area contributed by atoms with E-state index in [4.69, 9.17) is 11.6 Å². The molecule has 0 fully saturated rings. The van der Waals surface area contributed by atoms with Crippen LogP contribution in [0.15, 0.2) is 48.9 Å². The molecule has 0 unspecified atom stereocenters. The molecule has 0 radical (unpaired) electrons.